The van der Waals surface area contributed by atoms with Crippen molar-refractivity contribution in [3.63, 3.8) is 0 Å². The summed E-state index contributed by atoms with van der Waals surface area (Å²) in [6, 6.07) is 8.71. The second kappa shape index (κ2) is 7.49. The number of carbonyl (C=O) groups excluding carboxylic acids is 1. The standard InChI is InChI=1S/C20H28N2O2/c1-15(2)10-11-21-14-19-20(23)9-6-17(21)13-22(19)12-16-4-7-18(24-3)8-5-16/h4-5,7-8,10,17,19H,6,9,11-14H2,1-3H3/t17-,19-/m0/s1. The maximum atomic E-state index is 12.6. The van der Waals surface area contributed by atoms with Gasteiger partial charge in [-0.2, -0.15) is 0 Å². The fourth-order valence-corrected chi connectivity index (χ4v) is 3.72. The van der Waals surface area contributed by atoms with Gasteiger partial charge >= 0.3 is 0 Å². The summed E-state index contributed by atoms with van der Waals surface area (Å²) in [5.41, 5.74) is 2.59. The molecule has 3 saturated heterocycles. The van der Waals surface area contributed by atoms with E-state index in [-0.39, 0.29) is 6.04 Å². The van der Waals surface area contributed by atoms with Gasteiger partial charge in [0.05, 0.1) is 13.2 Å². The monoisotopic (exact) mass is 328 g/mol. The number of allylic oxidation sites excluding steroid dienone is 1. The number of benzene rings is 1. The Morgan fingerprint density at radius 1 is 1.21 bits per heavy atom. The van der Waals surface area contributed by atoms with Gasteiger partial charge in [0.15, 0.2) is 5.78 Å². The topological polar surface area (TPSA) is 32.8 Å². The van der Waals surface area contributed by atoms with Crippen LogP contribution in [0.2, 0.25) is 0 Å². The van der Waals surface area contributed by atoms with Gasteiger partial charge in [-0.05, 0) is 38.0 Å². The SMILES string of the molecule is COc1ccc(CN2C[C@@H]3CCC(=O)[C@@H]2CN3CC=C(C)C)cc1. The molecule has 1 aromatic rings. The van der Waals surface area contributed by atoms with Gasteiger partial charge in [-0.3, -0.25) is 14.6 Å². The minimum Gasteiger partial charge on any atom is -0.497 e. The molecule has 2 bridgehead atoms. The van der Waals surface area contributed by atoms with Crippen molar-refractivity contribution in [2.75, 3.05) is 26.7 Å². The summed E-state index contributed by atoms with van der Waals surface area (Å²) in [4.78, 5) is 17.4. The molecular weight excluding hydrogens is 300 g/mol. The molecule has 4 heteroatoms. The van der Waals surface area contributed by atoms with Crippen LogP contribution in [0.25, 0.3) is 0 Å². The van der Waals surface area contributed by atoms with E-state index in [1.165, 1.54) is 11.1 Å². The number of hydrogen-bond acceptors (Lipinski definition) is 4. The lowest BCUT2D eigenvalue weighted by atomic mass is 10.1. The molecule has 0 N–H and O–H groups in total. The fraction of sp³-hybridized carbons (Fsp3) is 0.550. The van der Waals surface area contributed by atoms with Crippen LogP contribution < -0.4 is 4.74 Å². The van der Waals surface area contributed by atoms with E-state index in [0.29, 0.717) is 11.8 Å². The molecule has 4 rings (SSSR count). The predicted molar refractivity (Wildman–Crippen MR) is 96.2 cm³/mol. The number of rotatable bonds is 5. The van der Waals surface area contributed by atoms with Crippen molar-refractivity contribution < 1.29 is 9.53 Å². The van der Waals surface area contributed by atoms with Crippen LogP contribution in [0.4, 0.5) is 0 Å². The Balaban J connectivity index is 1.71. The third-order valence-corrected chi connectivity index (χ3v) is 5.18. The first-order valence-corrected chi connectivity index (χ1v) is 8.84. The smallest absolute Gasteiger partial charge is 0.151 e. The maximum absolute atomic E-state index is 12.6. The molecule has 3 aliphatic heterocycles. The zero-order valence-corrected chi connectivity index (χ0v) is 15.0. The third kappa shape index (κ3) is 3.87. The maximum Gasteiger partial charge on any atom is 0.151 e. The molecule has 3 aliphatic rings. The first-order chi connectivity index (χ1) is 11.6. The Morgan fingerprint density at radius 2 is 1.96 bits per heavy atom. The second-order valence-corrected chi connectivity index (χ2v) is 7.19. The molecule has 4 nitrogen and oxygen atoms in total. The number of ketones is 1. The minimum absolute atomic E-state index is 0.0383. The molecule has 0 aliphatic carbocycles. The molecule has 0 amide bonds. The summed E-state index contributed by atoms with van der Waals surface area (Å²) in [7, 11) is 1.68. The van der Waals surface area contributed by atoms with E-state index in [9.17, 15) is 4.79 Å². The van der Waals surface area contributed by atoms with Crippen molar-refractivity contribution in [3.05, 3.63) is 41.5 Å². The van der Waals surface area contributed by atoms with Crippen LogP contribution in [0.15, 0.2) is 35.9 Å². The largest absolute Gasteiger partial charge is 0.497 e. The average Bonchev–Trinajstić information content (AvgIpc) is 2.82. The highest BCUT2D eigenvalue weighted by Crippen LogP contribution is 2.27. The molecule has 0 spiro atoms. The summed E-state index contributed by atoms with van der Waals surface area (Å²) in [5, 5.41) is 0. The van der Waals surface area contributed by atoms with Crippen molar-refractivity contribution in [3.8, 4) is 5.75 Å². The number of ether oxygens (including phenoxy) is 1. The second-order valence-electron chi connectivity index (χ2n) is 7.19. The Morgan fingerprint density at radius 3 is 2.62 bits per heavy atom. The summed E-state index contributed by atoms with van der Waals surface area (Å²) in [5.74, 6) is 1.28. The molecular formula is C20H28N2O2. The molecule has 24 heavy (non-hydrogen) atoms. The molecule has 0 unspecified atom stereocenters. The lowest BCUT2D eigenvalue weighted by Crippen LogP contribution is -2.57. The van der Waals surface area contributed by atoms with E-state index in [4.69, 9.17) is 4.74 Å². The first-order valence-electron chi connectivity index (χ1n) is 8.84. The summed E-state index contributed by atoms with van der Waals surface area (Å²) >= 11 is 0. The number of fused-ring (bicyclic) bond motifs is 4. The van der Waals surface area contributed by atoms with Crippen LogP contribution in [0.1, 0.15) is 32.3 Å². The van der Waals surface area contributed by atoms with Crippen LogP contribution in [-0.2, 0) is 11.3 Å². The highest BCUT2D eigenvalue weighted by atomic mass is 16.5. The number of nitrogens with zero attached hydrogens (tertiary/aromatic N) is 2. The average molecular weight is 328 g/mol. The summed E-state index contributed by atoms with van der Waals surface area (Å²) < 4.78 is 5.23. The number of piperazine rings is 1. The van der Waals surface area contributed by atoms with Crippen LogP contribution in [-0.4, -0.2) is 54.4 Å². The summed E-state index contributed by atoms with van der Waals surface area (Å²) in [6.07, 6.45) is 3.99. The van der Waals surface area contributed by atoms with Gasteiger partial charge in [0.25, 0.3) is 0 Å². The van der Waals surface area contributed by atoms with Crippen molar-refractivity contribution in [2.24, 2.45) is 0 Å². The van der Waals surface area contributed by atoms with Gasteiger partial charge in [-0.15, -0.1) is 0 Å². The normalized spacial score (nSPS) is 24.7. The predicted octanol–water partition coefficient (Wildman–Crippen LogP) is 2.88. The third-order valence-electron chi connectivity index (χ3n) is 5.18. The zero-order chi connectivity index (χ0) is 17.1. The number of Topliss-reactive ketones (excluding diaryl/α,β-unsaturated/α-hetero) is 1. The Hall–Kier alpha value is -1.65. The van der Waals surface area contributed by atoms with Gasteiger partial charge in [0.2, 0.25) is 0 Å². The number of carbonyl (C=O) groups is 1. The van der Waals surface area contributed by atoms with Crippen LogP contribution >= 0.6 is 0 Å². The van der Waals surface area contributed by atoms with Crippen LogP contribution in [0.5, 0.6) is 5.75 Å². The van der Waals surface area contributed by atoms with E-state index in [2.05, 4.69) is 41.9 Å². The molecule has 0 aromatic heterocycles. The first kappa shape index (κ1) is 17.2. The van der Waals surface area contributed by atoms with Crippen molar-refractivity contribution in [1.29, 1.82) is 0 Å². The highest BCUT2D eigenvalue weighted by molar-refractivity contribution is 5.85. The Labute approximate surface area is 145 Å². The molecule has 1 aromatic carbocycles. The van der Waals surface area contributed by atoms with Crippen molar-refractivity contribution >= 4 is 5.78 Å². The molecule has 0 saturated carbocycles. The molecule has 130 valence electrons. The van der Waals surface area contributed by atoms with E-state index < -0.39 is 0 Å². The summed E-state index contributed by atoms with van der Waals surface area (Å²) in [6.45, 7) is 7.93. The lowest BCUT2D eigenvalue weighted by molar-refractivity contribution is -0.125. The number of methoxy groups -OCH3 is 1. The van der Waals surface area contributed by atoms with E-state index >= 15 is 0 Å². The molecule has 2 atom stereocenters. The Kier molecular flexibility index (Phi) is 5.36. The van der Waals surface area contributed by atoms with Gasteiger partial charge in [-0.25, -0.2) is 0 Å². The van der Waals surface area contributed by atoms with Gasteiger partial charge < -0.3 is 4.74 Å². The van der Waals surface area contributed by atoms with Gasteiger partial charge in [0.1, 0.15) is 5.75 Å². The van der Waals surface area contributed by atoms with E-state index in [0.717, 1.165) is 44.8 Å². The van der Waals surface area contributed by atoms with Crippen LogP contribution in [0, 0.1) is 0 Å². The van der Waals surface area contributed by atoms with Gasteiger partial charge in [0, 0.05) is 38.6 Å². The highest BCUT2D eigenvalue weighted by Gasteiger charge is 2.40. The zero-order valence-electron chi connectivity index (χ0n) is 15.0. The van der Waals surface area contributed by atoms with Crippen molar-refractivity contribution in [1.82, 2.24) is 9.80 Å². The minimum atomic E-state index is 0.0383. The lowest BCUT2D eigenvalue weighted by Gasteiger charge is -2.43. The molecule has 3 fully saturated rings. The van der Waals surface area contributed by atoms with E-state index in [1.807, 2.05) is 12.1 Å². The Bertz CT molecular complexity index is 605. The van der Waals surface area contributed by atoms with Crippen LogP contribution in [0.3, 0.4) is 0 Å². The molecule has 0 radical (unpaired) electrons. The molecule has 3 heterocycles. The quantitative estimate of drug-likeness (QED) is 0.778. The van der Waals surface area contributed by atoms with E-state index in [1.54, 1.807) is 7.11 Å². The number of hydrogen-bond donors (Lipinski definition) is 0. The van der Waals surface area contributed by atoms with Gasteiger partial charge in [-0.1, -0.05) is 23.8 Å². The fourth-order valence-electron chi connectivity index (χ4n) is 3.72. The van der Waals surface area contributed by atoms with Crippen molar-refractivity contribution in [2.45, 2.75) is 45.3 Å².